The maximum Gasteiger partial charge on any atom is 0.312 e. The summed E-state index contributed by atoms with van der Waals surface area (Å²) < 4.78 is 5.29. The van der Waals surface area contributed by atoms with Crippen molar-refractivity contribution < 1.29 is 14.6 Å². The van der Waals surface area contributed by atoms with Crippen molar-refractivity contribution in [2.45, 2.75) is 25.9 Å². The number of nitrogens with zero attached hydrogens (tertiary/aromatic N) is 2. The van der Waals surface area contributed by atoms with Gasteiger partial charge in [-0.1, -0.05) is 0 Å². The van der Waals surface area contributed by atoms with E-state index < -0.39 is 11.9 Å². The number of hydrogen-bond acceptors (Lipinski definition) is 4. The number of fused-ring (bicyclic) bond motifs is 1. The van der Waals surface area contributed by atoms with E-state index in [9.17, 15) is 4.79 Å². The van der Waals surface area contributed by atoms with Crippen LogP contribution in [0.25, 0.3) is 0 Å². The van der Waals surface area contributed by atoms with Crippen molar-refractivity contribution in [2.75, 3.05) is 6.61 Å². The Bertz CT molecular complexity index is 392. The molecule has 0 fully saturated rings. The van der Waals surface area contributed by atoms with Gasteiger partial charge in [-0.25, -0.2) is 9.97 Å². The first kappa shape index (κ1) is 10.0. The minimum atomic E-state index is -0.874. The standard InChI is InChI=1S/C10H12N2O3/c1-6(10(13)14)9-7-4-15-3-2-8(7)11-5-12-9/h5-6H,2-4H2,1H3,(H,13,14). The van der Waals surface area contributed by atoms with E-state index in [2.05, 4.69) is 9.97 Å². The second-order valence-corrected chi connectivity index (χ2v) is 3.55. The quantitative estimate of drug-likeness (QED) is 0.775. The molecule has 1 N–H and O–H groups in total. The maximum absolute atomic E-state index is 10.9. The molecule has 1 atom stereocenters. The molecule has 1 unspecified atom stereocenters. The van der Waals surface area contributed by atoms with Gasteiger partial charge in [-0.3, -0.25) is 4.79 Å². The third-order valence-electron chi connectivity index (χ3n) is 2.58. The smallest absolute Gasteiger partial charge is 0.312 e. The van der Waals surface area contributed by atoms with Crippen LogP contribution in [-0.2, 0) is 22.6 Å². The first-order valence-corrected chi connectivity index (χ1v) is 4.83. The van der Waals surface area contributed by atoms with Crippen LogP contribution in [0.3, 0.4) is 0 Å². The summed E-state index contributed by atoms with van der Waals surface area (Å²) in [5, 5.41) is 8.94. The molecule has 1 aromatic heterocycles. The summed E-state index contributed by atoms with van der Waals surface area (Å²) in [5.41, 5.74) is 2.34. The summed E-state index contributed by atoms with van der Waals surface area (Å²) in [5.74, 6) is -1.48. The van der Waals surface area contributed by atoms with Crippen LogP contribution in [-0.4, -0.2) is 27.7 Å². The van der Waals surface area contributed by atoms with Gasteiger partial charge in [-0.15, -0.1) is 0 Å². The van der Waals surface area contributed by atoms with Crippen molar-refractivity contribution >= 4 is 5.97 Å². The minimum Gasteiger partial charge on any atom is -0.481 e. The number of aromatic nitrogens is 2. The largest absolute Gasteiger partial charge is 0.481 e. The molecule has 15 heavy (non-hydrogen) atoms. The highest BCUT2D eigenvalue weighted by Gasteiger charge is 2.23. The number of carboxylic acids is 1. The van der Waals surface area contributed by atoms with E-state index in [0.29, 0.717) is 18.9 Å². The fourth-order valence-corrected chi connectivity index (χ4v) is 1.67. The highest BCUT2D eigenvalue weighted by atomic mass is 16.5. The van der Waals surface area contributed by atoms with Crippen molar-refractivity contribution in [1.82, 2.24) is 9.97 Å². The summed E-state index contributed by atoms with van der Waals surface area (Å²) in [6.07, 6.45) is 2.16. The lowest BCUT2D eigenvalue weighted by Crippen LogP contribution is -2.19. The number of ether oxygens (including phenoxy) is 1. The zero-order valence-corrected chi connectivity index (χ0v) is 8.43. The van der Waals surface area contributed by atoms with E-state index in [-0.39, 0.29) is 0 Å². The number of carbonyl (C=O) groups is 1. The SMILES string of the molecule is CC(C(=O)O)c1ncnc2c1COCC2. The van der Waals surface area contributed by atoms with Crippen LogP contribution in [0.15, 0.2) is 6.33 Å². The van der Waals surface area contributed by atoms with Gasteiger partial charge in [0, 0.05) is 12.0 Å². The second-order valence-electron chi connectivity index (χ2n) is 3.55. The Hall–Kier alpha value is -1.49. The molecule has 80 valence electrons. The molecular weight excluding hydrogens is 196 g/mol. The molecule has 5 heteroatoms. The van der Waals surface area contributed by atoms with Gasteiger partial charge in [0.2, 0.25) is 0 Å². The van der Waals surface area contributed by atoms with Gasteiger partial charge in [0.25, 0.3) is 0 Å². The van der Waals surface area contributed by atoms with Crippen molar-refractivity contribution in [3.8, 4) is 0 Å². The Kier molecular flexibility index (Phi) is 2.64. The van der Waals surface area contributed by atoms with Gasteiger partial charge in [0.05, 0.1) is 30.5 Å². The van der Waals surface area contributed by atoms with Gasteiger partial charge >= 0.3 is 5.97 Å². The molecule has 2 rings (SSSR count). The number of carboxylic acid groups (broad SMARTS) is 1. The van der Waals surface area contributed by atoms with Gasteiger partial charge in [0.1, 0.15) is 6.33 Å². The summed E-state index contributed by atoms with van der Waals surface area (Å²) in [7, 11) is 0. The Labute approximate surface area is 87.1 Å². The molecule has 0 saturated carbocycles. The van der Waals surface area contributed by atoms with Gasteiger partial charge in [-0.05, 0) is 6.92 Å². The van der Waals surface area contributed by atoms with E-state index >= 15 is 0 Å². The molecule has 0 aromatic carbocycles. The number of hydrogen-bond donors (Lipinski definition) is 1. The highest BCUT2D eigenvalue weighted by Crippen LogP contribution is 2.23. The van der Waals surface area contributed by atoms with E-state index in [1.54, 1.807) is 6.92 Å². The third-order valence-corrected chi connectivity index (χ3v) is 2.58. The van der Waals surface area contributed by atoms with Crippen molar-refractivity contribution in [3.05, 3.63) is 23.3 Å². The van der Waals surface area contributed by atoms with Gasteiger partial charge in [0.15, 0.2) is 0 Å². The molecule has 1 aliphatic rings. The van der Waals surface area contributed by atoms with E-state index in [1.165, 1.54) is 6.33 Å². The van der Waals surface area contributed by atoms with E-state index in [4.69, 9.17) is 9.84 Å². The van der Waals surface area contributed by atoms with Crippen molar-refractivity contribution in [1.29, 1.82) is 0 Å². The Morgan fingerprint density at radius 2 is 2.40 bits per heavy atom. The molecule has 2 heterocycles. The van der Waals surface area contributed by atoms with E-state index in [0.717, 1.165) is 17.7 Å². The molecule has 0 saturated heterocycles. The first-order chi connectivity index (χ1) is 7.20. The number of aliphatic carboxylic acids is 1. The molecule has 0 bridgehead atoms. The molecule has 0 spiro atoms. The van der Waals surface area contributed by atoms with Crippen LogP contribution in [0.2, 0.25) is 0 Å². The predicted molar refractivity (Wildman–Crippen MR) is 51.4 cm³/mol. The zero-order chi connectivity index (χ0) is 10.8. The molecule has 5 nitrogen and oxygen atoms in total. The van der Waals surface area contributed by atoms with Gasteiger partial charge in [-0.2, -0.15) is 0 Å². The van der Waals surface area contributed by atoms with Crippen LogP contribution in [0, 0.1) is 0 Å². The molecule has 0 aliphatic carbocycles. The normalized spacial score (nSPS) is 16.9. The third kappa shape index (κ3) is 1.83. The molecular formula is C10H12N2O3. The second kappa shape index (κ2) is 3.94. The summed E-state index contributed by atoms with van der Waals surface area (Å²) in [4.78, 5) is 19.1. The van der Waals surface area contributed by atoms with Crippen LogP contribution in [0.4, 0.5) is 0 Å². The Morgan fingerprint density at radius 1 is 1.60 bits per heavy atom. The molecule has 1 aliphatic heterocycles. The molecule has 0 radical (unpaired) electrons. The first-order valence-electron chi connectivity index (χ1n) is 4.83. The Balaban J connectivity index is 2.43. The lowest BCUT2D eigenvalue weighted by atomic mass is 9.99. The zero-order valence-electron chi connectivity index (χ0n) is 8.43. The van der Waals surface area contributed by atoms with Crippen LogP contribution < -0.4 is 0 Å². The van der Waals surface area contributed by atoms with Crippen molar-refractivity contribution in [3.63, 3.8) is 0 Å². The molecule has 0 amide bonds. The van der Waals surface area contributed by atoms with E-state index in [1.807, 2.05) is 0 Å². The minimum absolute atomic E-state index is 0.420. The number of rotatable bonds is 2. The highest BCUT2D eigenvalue weighted by molar-refractivity contribution is 5.75. The van der Waals surface area contributed by atoms with Crippen LogP contribution >= 0.6 is 0 Å². The summed E-state index contributed by atoms with van der Waals surface area (Å²) in [6, 6.07) is 0. The van der Waals surface area contributed by atoms with Crippen LogP contribution in [0.1, 0.15) is 29.8 Å². The Morgan fingerprint density at radius 3 is 3.13 bits per heavy atom. The fourth-order valence-electron chi connectivity index (χ4n) is 1.67. The predicted octanol–water partition coefficient (Wildman–Crippen LogP) is 0.737. The van der Waals surface area contributed by atoms with Crippen LogP contribution in [0.5, 0.6) is 0 Å². The fraction of sp³-hybridized carbons (Fsp3) is 0.500. The van der Waals surface area contributed by atoms with Crippen molar-refractivity contribution in [2.24, 2.45) is 0 Å². The topological polar surface area (TPSA) is 72.3 Å². The summed E-state index contributed by atoms with van der Waals surface area (Å²) in [6.45, 7) is 2.69. The molecule has 1 aromatic rings. The van der Waals surface area contributed by atoms with Gasteiger partial charge < -0.3 is 9.84 Å². The maximum atomic E-state index is 10.9. The summed E-state index contributed by atoms with van der Waals surface area (Å²) >= 11 is 0. The average Bonchev–Trinajstić information content (AvgIpc) is 2.27. The monoisotopic (exact) mass is 208 g/mol. The lowest BCUT2D eigenvalue weighted by molar-refractivity contribution is -0.138. The lowest BCUT2D eigenvalue weighted by Gasteiger charge is -2.19. The average molecular weight is 208 g/mol.